The maximum Gasteiger partial charge on any atom is 0.258 e. The first kappa shape index (κ1) is 22.2. The van der Waals surface area contributed by atoms with Crippen LogP contribution in [-0.4, -0.2) is 33.5 Å². The van der Waals surface area contributed by atoms with Crippen molar-refractivity contribution in [2.45, 2.75) is 44.0 Å². The van der Waals surface area contributed by atoms with Crippen LogP contribution in [0.2, 0.25) is 0 Å². The average Bonchev–Trinajstić information content (AvgIpc) is 2.64. The monoisotopic (exact) mass is 438 g/mol. The van der Waals surface area contributed by atoms with Gasteiger partial charge in [-0.15, -0.1) is 0 Å². The second kappa shape index (κ2) is 7.96. The topological polar surface area (TPSA) is 75.7 Å². The van der Waals surface area contributed by atoms with Crippen LogP contribution in [0.1, 0.15) is 43.1 Å². The lowest BCUT2D eigenvalue weighted by molar-refractivity contribution is 0.0983. The third-order valence-corrected chi connectivity index (χ3v) is 6.37. The van der Waals surface area contributed by atoms with Crippen molar-refractivity contribution in [2.75, 3.05) is 18.6 Å². The summed E-state index contributed by atoms with van der Waals surface area (Å²) in [6.45, 7) is 5.32. The number of halogens is 2. The molecule has 3 rings (SSSR count). The Labute approximate surface area is 174 Å². The Hall–Kier alpha value is -2.52. The van der Waals surface area contributed by atoms with Crippen molar-refractivity contribution in [3.8, 4) is 5.75 Å². The Kier molecular flexibility index (Phi) is 5.88. The molecule has 162 valence electrons. The highest BCUT2D eigenvalue weighted by Gasteiger charge is 2.30. The van der Waals surface area contributed by atoms with E-state index in [4.69, 9.17) is 4.74 Å². The van der Waals surface area contributed by atoms with Crippen LogP contribution in [0.5, 0.6) is 5.75 Å². The number of methoxy groups -OCH3 is 1. The van der Waals surface area contributed by atoms with Crippen molar-refractivity contribution < 1.29 is 26.7 Å². The molecule has 0 saturated heterocycles. The number of hydrogen-bond acceptors (Lipinski definition) is 4. The van der Waals surface area contributed by atoms with E-state index >= 15 is 0 Å². The molecule has 6 nitrogen and oxygen atoms in total. The fourth-order valence-electron chi connectivity index (χ4n) is 3.49. The standard InChI is InChI=1S/C21H24F2N2O4S/c1-21(2,3)24-30(27,28)18-11-14(7-8-17(18)29-4)20(26)25-9-5-6-13-10-15(22)12-16(23)19(13)25/h7-8,10-12,24H,5-6,9H2,1-4H3. The third kappa shape index (κ3) is 4.46. The Balaban J connectivity index is 2.06. The lowest BCUT2D eigenvalue weighted by Gasteiger charge is -2.30. The molecule has 0 atom stereocenters. The first-order chi connectivity index (χ1) is 13.9. The minimum atomic E-state index is -3.99. The largest absolute Gasteiger partial charge is 0.495 e. The van der Waals surface area contributed by atoms with Gasteiger partial charge in [0.25, 0.3) is 5.91 Å². The molecule has 0 aliphatic carbocycles. The Morgan fingerprint density at radius 3 is 2.50 bits per heavy atom. The molecule has 0 radical (unpaired) electrons. The Morgan fingerprint density at radius 1 is 1.17 bits per heavy atom. The van der Waals surface area contributed by atoms with Crippen LogP contribution in [0.4, 0.5) is 14.5 Å². The number of sulfonamides is 1. The van der Waals surface area contributed by atoms with Gasteiger partial charge in [-0.1, -0.05) is 0 Å². The van der Waals surface area contributed by atoms with Crippen LogP contribution < -0.4 is 14.4 Å². The SMILES string of the molecule is COc1ccc(C(=O)N2CCCc3cc(F)cc(F)c32)cc1S(=O)(=O)NC(C)(C)C. The smallest absolute Gasteiger partial charge is 0.258 e. The molecule has 0 unspecified atom stereocenters. The number of hydrogen-bond donors (Lipinski definition) is 1. The summed E-state index contributed by atoms with van der Waals surface area (Å²) in [5, 5.41) is 0. The minimum Gasteiger partial charge on any atom is -0.495 e. The van der Waals surface area contributed by atoms with Crippen LogP contribution in [0.15, 0.2) is 35.2 Å². The molecule has 0 aromatic heterocycles. The molecule has 0 spiro atoms. The van der Waals surface area contributed by atoms with E-state index in [2.05, 4.69) is 4.72 Å². The molecule has 0 fully saturated rings. The second-order valence-corrected chi connectivity index (χ2v) is 9.83. The van der Waals surface area contributed by atoms with E-state index < -0.39 is 33.1 Å². The van der Waals surface area contributed by atoms with Crippen molar-refractivity contribution in [3.05, 3.63) is 53.1 Å². The molecule has 9 heteroatoms. The first-order valence-corrected chi connectivity index (χ1v) is 10.9. The van der Waals surface area contributed by atoms with Crippen LogP contribution >= 0.6 is 0 Å². The van der Waals surface area contributed by atoms with Crippen LogP contribution in [-0.2, 0) is 16.4 Å². The maximum atomic E-state index is 14.5. The number of benzene rings is 2. The van der Waals surface area contributed by atoms with E-state index in [9.17, 15) is 22.0 Å². The molecule has 1 aliphatic rings. The molecule has 1 heterocycles. The van der Waals surface area contributed by atoms with Gasteiger partial charge in [0, 0.05) is 23.7 Å². The van der Waals surface area contributed by atoms with Crippen LogP contribution in [0, 0.1) is 11.6 Å². The van der Waals surface area contributed by atoms with E-state index in [-0.39, 0.29) is 28.4 Å². The number of aryl methyl sites for hydroxylation is 1. The Bertz CT molecular complexity index is 1090. The summed E-state index contributed by atoms with van der Waals surface area (Å²) < 4.78 is 61.4. The fraction of sp³-hybridized carbons (Fsp3) is 0.381. The first-order valence-electron chi connectivity index (χ1n) is 9.45. The average molecular weight is 438 g/mol. The number of carbonyl (C=O) groups excluding carboxylic acids is 1. The molecular weight excluding hydrogens is 414 g/mol. The van der Waals surface area contributed by atoms with Gasteiger partial charge < -0.3 is 9.64 Å². The normalized spacial score (nSPS) is 14.4. The molecule has 0 bridgehead atoms. The number of ether oxygens (including phenoxy) is 1. The number of rotatable bonds is 4. The van der Waals surface area contributed by atoms with Crippen molar-refractivity contribution >= 4 is 21.6 Å². The van der Waals surface area contributed by atoms with Gasteiger partial charge in [0.05, 0.1) is 12.8 Å². The highest BCUT2D eigenvalue weighted by molar-refractivity contribution is 7.89. The van der Waals surface area contributed by atoms with Gasteiger partial charge in [0.2, 0.25) is 10.0 Å². The number of carbonyl (C=O) groups is 1. The lowest BCUT2D eigenvalue weighted by atomic mass is 10.00. The summed E-state index contributed by atoms with van der Waals surface area (Å²) in [6, 6.07) is 5.98. The minimum absolute atomic E-state index is 0.0284. The number of fused-ring (bicyclic) bond motifs is 1. The van der Waals surface area contributed by atoms with Crippen molar-refractivity contribution in [3.63, 3.8) is 0 Å². The van der Waals surface area contributed by atoms with E-state index in [1.165, 1.54) is 36.3 Å². The Morgan fingerprint density at radius 2 is 1.87 bits per heavy atom. The predicted molar refractivity (Wildman–Crippen MR) is 109 cm³/mol. The zero-order valence-electron chi connectivity index (χ0n) is 17.3. The molecule has 30 heavy (non-hydrogen) atoms. The van der Waals surface area contributed by atoms with E-state index in [1.54, 1.807) is 20.8 Å². The number of amides is 1. The van der Waals surface area contributed by atoms with Gasteiger partial charge in [-0.05, 0) is 63.4 Å². The van der Waals surface area contributed by atoms with Gasteiger partial charge in [-0.2, -0.15) is 0 Å². The van der Waals surface area contributed by atoms with E-state index in [1.807, 2.05) is 0 Å². The summed E-state index contributed by atoms with van der Waals surface area (Å²) in [6.07, 6.45) is 0.986. The van der Waals surface area contributed by atoms with Crippen molar-refractivity contribution in [1.82, 2.24) is 4.72 Å². The van der Waals surface area contributed by atoms with Gasteiger partial charge in [0.15, 0.2) is 0 Å². The second-order valence-electron chi connectivity index (χ2n) is 8.18. The molecule has 1 amide bonds. The molecule has 0 saturated carbocycles. The summed E-state index contributed by atoms with van der Waals surface area (Å²) in [4.78, 5) is 14.2. The predicted octanol–water partition coefficient (Wildman–Crippen LogP) is 3.64. The summed E-state index contributed by atoms with van der Waals surface area (Å²) in [5.41, 5.74) is -0.256. The van der Waals surface area contributed by atoms with Gasteiger partial charge in [-0.3, -0.25) is 4.79 Å². The number of nitrogens with one attached hydrogen (secondary N) is 1. The molecule has 2 aromatic rings. The summed E-state index contributed by atoms with van der Waals surface area (Å²) in [7, 11) is -2.66. The highest BCUT2D eigenvalue weighted by atomic mass is 32.2. The van der Waals surface area contributed by atoms with Crippen LogP contribution in [0.25, 0.3) is 0 Å². The molecule has 1 N–H and O–H groups in total. The summed E-state index contributed by atoms with van der Waals surface area (Å²) >= 11 is 0. The zero-order valence-corrected chi connectivity index (χ0v) is 18.1. The quantitative estimate of drug-likeness (QED) is 0.791. The van der Waals surface area contributed by atoms with Gasteiger partial charge >= 0.3 is 0 Å². The van der Waals surface area contributed by atoms with Gasteiger partial charge in [-0.25, -0.2) is 21.9 Å². The highest BCUT2D eigenvalue weighted by Crippen LogP contribution is 2.33. The number of nitrogens with zero attached hydrogens (tertiary/aromatic N) is 1. The number of anilines is 1. The van der Waals surface area contributed by atoms with E-state index in [0.717, 1.165) is 6.07 Å². The van der Waals surface area contributed by atoms with Crippen molar-refractivity contribution in [1.29, 1.82) is 0 Å². The molecule has 2 aromatic carbocycles. The third-order valence-electron chi connectivity index (χ3n) is 4.59. The van der Waals surface area contributed by atoms with Crippen LogP contribution in [0.3, 0.4) is 0 Å². The lowest BCUT2D eigenvalue weighted by Crippen LogP contribution is -2.41. The zero-order chi connectivity index (χ0) is 22.3. The maximum absolute atomic E-state index is 14.5. The van der Waals surface area contributed by atoms with Gasteiger partial charge in [0.1, 0.15) is 22.3 Å². The van der Waals surface area contributed by atoms with Crippen molar-refractivity contribution in [2.24, 2.45) is 0 Å². The molecular formula is C21H24F2N2O4S. The van der Waals surface area contributed by atoms with E-state index in [0.29, 0.717) is 18.4 Å². The fourth-order valence-corrected chi connectivity index (χ4v) is 5.10. The summed E-state index contributed by atoms with van der Waals surface area (Å²) in [5.74, 6) is -2.02. The molecule has 1 aliphatic heterocycles.